The van der Waals surface area contributed by atoms with Crippen LogP contribution in [0.2, 0.25) is 0 Å². The van der Waals surface area contributed by atoms with Crippen molar-refractivity contribution < 1.29 is 9.72 Å². The maximum absolute atomic E-state index is 12.5. The minimum atomic E-state index is -0.468. The van der Waals surface area contributed by atoms with Crippen LogP contribution in [-0.2, 0) is 4.79 Å². The number of rotatable bonds is 6. The summed E-state index contributed by atoms with van der Waals surface area (Å²) in [6.45, 7) is 3.77. The van der Waals surface area contributed by atoms with E-state index < -0.39 is 4.92 Å². The van der Waals surface area contributed by atoms with Gasteiger partial charge in [0.15, 0.2) is 5.16 Å². The van der Waals surface area contributed by atoms with Gasteiger partial charge >= 0.3 is 0 Å². The highest BCUT2D eigenvalue weighted by molar-refractivity contribution is 8.00. The molecule has 1 amide bonds. The van der Waals surface area contributed by atoms with Gasteiger partial charge in [-0.05, 0) is 38.8 Å². The Hall–Kier alpha value is -2.42. The second kappa shape index (κ2) is 8.51. The molecule has 1 saturated carbocycles. The van der Waals surface area contributed by atoms with E-state index in [-0.39, 0.29) is 16.8 Å². The molecule has 1 unspecified atom stereocenters. The van der Waals surface area contributed by atoms with Gasteiger partial charge < -0.3 is 9.88 Å². The summed E-state index contributed by atoms with van der Waals surface area (Å²) in [6, 6.07) is 6.21. The van der Waals surface area contributed by atoms with Crippen molar-refractivity contribution in [2.24, 2.45) is 0 Å². The Morgan fingerprint density at radius 2 is 1.93 bits per heavy atom. The molecule has 1 aliphatic rings. The molecule has 2 aromatic rings. The lowest BCUT2D eigenvalue weighted by molar-refractivity contribution is -0.384. The van der Waals surface area contributed by atoms with Crippen molar-refractivity contribution in [2.45, 2.75) is 62.4 Å². The van der Waals surface area contributed by atoms with E-state index in [2.05, 4.69) is 20.1 Å². The first kappa shape index (κ1) is 19.3. The second-order valence-electron chi connectivity index (χ2n) is 6.74. The number of nitrogens with one attached hydrogen (secondary N) is 1. The topological polar surface area (TPSA) is 103 Å². The van der Waals surface area contributed by atoms with Crippen LogP contribution in [0.1, 0.15) is 50.9 Å². The second-order valence-corrected chi connectivity index (χ2v) is 8.05. The molecular weight excluding hydrogens is 366 g/mol. The minimum absolute atomic E-state index is 0.00789. The van der Waals surface area contributed by atoms with Crippen LogP contribution in [0.5, 0.6) is 0 Å². The molecule has 1 atom stereocenters. The summed E-state index contributed by atoms with van der Waals surface area (Å²) in [7, 11) is 0. The Morgan fingerprint density at radius 1 is 1.26 bits per heavy atom. The van der Waals surface area contributed by atoms with Gasteiger partial charge in [0.05, 0.1) is 10.2 Å². The van der Waals surface area contributed by atoms with E-state index in [1.807, 2.05) is 13.8 Å². The number of nitro groups is 1. The van der Waals surface area contributed by atoms with Crippen molar-refractivity contribution >= 4 is 29.0 Å². The number of carbonyl (C=O) groups excluding carboxylic acids is 1. The highest BCUT2D eigenvalue weighted by atomic mass is 32.2. The molecule has 1 aromatic heterocycles. The van der Waals surface area contributed by atoms with Crippen molar-refractivity contribution in [1.82, 2.24) is 14.8 Å². The van der Waals surface area contributed by atoms with Crippen LogP contribution in [-0.4, -0.2) is 30.8 Å². The average molecular weight is 389 g/mol. The molecule has 1 fully saturated rings. The standard InChI is InChI=1S/C18H23N5O3S/c1-12(17(24)19-14-8-10-16(11-9-14)23(25)26)27-18-21-20-13(2)22(18)15-6-4-3-5-7-15/h8-12,15H,3-7H2,1-2H3,(H,19,24). The number of aromatic nitrogens is 3. The molecule has 27 heavy (non-hydrogen) atoms. The predicted molar refractivity (Wildman–Crippen MR) is 104 cm³/mol. The summed E-state index contributed by atoms with van der Waals surface area (Å²) < 4.78 is 2.17. The largest absolute Gasteiger partial charge is 0.325 e. The molecule has 144 valence electrons. The number of hydrogen-bond acceptors (Lipinski definition) is 6. The monoisotopic (exact) mass is 389 g/mol. The fraction of sp³-hybridized carbons (Fsp3) is 0.500. The molecule has 1 aromatic carbocycles. The molecule has 3 rings (SSSR count). The number of thioether (sulfide) groups is 1. The molecule has 0 radical (unpaired) electrons. The van der Waals surface area contributed by atoms with E-state index in [1.165, 1.54) is 55.3 Å². The van der Waals surface area contributed by atoms with E-state index in [0.29, 0.717) is 11.7 Å². The predicted octanol–water partition coefficient (Wildman–Crippen LogP) is 4.12. The third-order valence-electron chi connectivity index (χ3n) is 4.77. The number of anilines is 1. The van der Waals surface area contributed by atoms with Gasteiger partial charge in [-0.2, -0.15) is 0 Å². The summed E-state index contributed by atoms with van der Waals surface area (Å²) in [5.41, 5.74) is 0.523. The van der Waals surface area contributed by atoms with E-state index in [9.17, 15) is 14.9 Å². The van der Waals surface area contributed by atoms with Gasteiger partial charge in [-0.1, -0.05) is 31.0 Å². The van der Waals surface area contributed by atoms with Crippen LogP contribution in [0.4, 0.5) is 11.4 Å². The molecule has 1 heterocycles. The molecule has 0 bridgehead atoms. The van der Waals surface area contributed by atoms with Gasteiger partial charge in [0.2, 0.25) is 5.91 Å². The third-order valence-corrected chi connectivity index (χ3v) is 5.83. The van der Waals surface area contributed by atoms with Gasteiger partial charge in [-0.25, -0.2) is 0 Å². The number of nitro benzene ring substituents is 1. The van der Waals surface area contributed by atoms with Crippen LogP contribution in [0.25, 0.3) is 0 Å². The third kappa shape index (κ3) is 4.65. The minimum Gasteiger partial charge on any atom is -0.325 e. The SMILES string of the molecule is Cc1nnc(SC(C)C(=O)Nc2ccc([N+](=O)[O-])cc2)n1C1CCCCC1. The number of aryl methyl sites for hydroxylation is 1. The Labute approximate surface area is 161 Å². The smallest absolute Gasteiger partial charge is 0.269 e. The van der Waals surface area contributed by atoms with Crippen molar-refractivity contribution in [1.29, 1.82) is 0 Å². The number of benzene rings is 1. The van der Waals surface area contributed by atoms with Gasteiger partial charge in [0.25, 0.3) is 5.69 Å². The summed E-state index contributed by atoms with van der Waals surface area (Å²) >= 11 is 1.39. The quantitative estimate of drug-likeness (QED) is 0.453. The summed E-state index contributed by atoms with van der Waals surface area (Å²) in [5.74, 6) is 0.706. The van der Waals surface area contributed by atoms with E-state index in [0.717, 1.165) is 23.8 Å². The number of carbonyl (C=O) groups is 1. The molecule has 0 spiro atoms. The molecule has 9 heteroatoms. The van der Waals surface area contributed by atoms with Crippen LogP contribution in [0, 0.1) is 17.0 Å². The summed E-state index contributed by atoms with van der Waals surface area (Å²) in [4.78, 5) is 22.7. The molecule has 8 nitrogen and oxygen atoms in total. The zero-order valence-electron chi connectivity index (χ0n) is 15.4. The first-order valence-electron chi connectivity index (χ1n) is 9.09. The maximum Gasteiger partial charge on any atom is 0.269 e. The Morgan fingerprint density at radius 3 is 2.56 bits per heavy atom. The van der Waals surface area contributed by atoms with Crippen molar-refractivity contribution in [3.63, 3.8) is 0 Å². The number of non-ortho nitro benzene ring substituents is 1. The first-order valence-corrected chi connectivity index (χ1v) is 9.97. The molecule has 0 saturated heterocycles. The lowest BCUT2D eigenvalue weighted by Gasteiger charge is -2.25. The average Bonchev–Trinajstić information content (AvgIpc) is 3.03. The molecule has 1 aliphatic carbocycles. The van der Waals surface area contributed by atoms with Gasteiger partial charge in [-0.3, -0.25) is 14.9 Å². The van der Waals surface area contributed by atoms with Gasteiger partial charge in [0, 0.05) is 23.9 Å². The summed E-state index contributed by atoms with van der Waals surface area (Å²) in [5, 5.41) is 22.4. The fourth-order valence-electron chi connectivity index (χ4n) is 3.31. The van der Waals surface area contributed by atoms with E-state index >= 15 is 0 Å². The van der Waals surface area contributed by atoms with Crippen molar-refractivity contribution in [2.75, 3.05) is 5.32 Å². The van der Waals surface area contributed by atoms with Gasteiger partial charge in [0.1, 0.15) is 5.82 Å². The van der Waals surface area contributed by atoms with Crippen LogP contribution in [0.15, 0.2) is 29.4 Å². The van der Waals surface area contributed by atoms with Crippen LogP contribution in [0.3, 0.4) is 0 Å². The number of hydrogen-bond donors (Lipinski definition) is 1. The maximum atomic E-state index is 12.5. The molecule has 0 aliphatic heterocycles. The highest BCUT2D eigenvalue weighted by Gasteiger charge is 2.24. The van der Waals surface area contributed by atoms with Crippen molar-refractivity contribution in [3.8, 4) is 0 Å². The normalized spacial score (nSPS) is 16.1. The Kier molecular flexibility index (Phi) is 6.10. The van der Waals surface area contributed by atoms with Crippen molar-refractivity contribution in [3.05, 3.63) is 40.2 Å². The fourth-order valence-corrected chi connectivity index (χ4v) is 4.28. The zero-order valence-corrected chi connectivity index (χ0v) is 16.2. The Bertz CT molecular complexity index is 815. The number of nitrogens with zero attached hydrogens (tertiary/aromatic N) is 4. The first-order chi connectivity index (χ1) is 13.0. The molecular formula is C18H23N5O3S. The lowest BCUT2D eigenvalue weighted by Crippen LogP contribution is -2.23. The lowest BCUT2D eigenvalue weighted by atomic mass is 9.95. The highest BCUT2D eigenvalue weighted by Crippen LogP contribution is 2.33. The molecule has 1 N–H and O–H groups in total. The Balaban J connectivity index is 1.65. The van der Waals surface area contributed by atoms with E-state index in [1.54, 1.807) is 0 Å². The van der Waals surface area contributed by atoms with Crippen LogP contribution < -0.4 is 5.32 Å². The zero-order chi connectivity index (χ0) is 19.4. The number of amides is 1. The van der Waals surface area contributed by atoms with Gasteiger partial charge in [-0.15, -0.1) is 10.2 Å². The van der Waals surface area contributed by atoms with E-state index in [4.69, 9.17) is 0 Å². The van der Waals surface area contributed by atoms with Crippen LogP contribution >= 0.6 is 11.8 Å². The summed E-state index contributed by atoms with van der Waals surface area (Å²) in [6.07, 6.45) is 5.94.